The largest absolute Gasteiger partial charge is 0.417 e. The molecule has 0 radical (unpaired) electrons. The molecule has 80 valence electrons. The number of alkyl halides is 4. The third kappa shape index (κ3) is 1.77. The molecule has 0 aliphatic heterocycles. The number of rotatable bonds is 1. The molecule has 7 heteroatoms. The normalized spacial score (nSPS) is 12.3. The Labute approximate surface area is 87.5 Å². The van der Waals surface area contributed by atoms with Gasteiger partial charge in [-0.1, -0.05) is 0 Å². The van der Waals surface area contributed by atoms with Crippen LogP contribution in [0.2, 0.25) is 0 Å². The van der Waals surface area contributed by atoms with Crippen LogP contribution in [-0.4, -0.2) is 14.6 Å². The molecule has 0 spiro atoms. The van der Waals surface area contributed by atoms with Gasteiger partial charge in [0, 0.05) is 6.20 Å². The first-order chi connectivity index (χ1) is 7.02. The summed E-state index contributed by atoms with van der Waals surface area (Å²) in [7, 11) is 0. The molecule has 0 fully saturated rings. The van der Waals surface area contributed by atoms with Gasteiger partial charge in [0.2, 0.25) is 0 Å². The summed E-state index contributed by atoms with van der Waals surface area (Å²) < 4.78 is 38.3. The van der Waals surface area contributed by atoms with Gasteiger partial charge in [0.1, 0.15) is 0 Å². The Hall–Kier alpha value is -1.30. The highest BCUT2D eigenvalue weighted by molar-refractivity contribution is 6.16. The molecule has 3 nitrogen and oxygen atoms in total. The predicted molar refractivity (Wildman–Crippen MR) is 47.5 cm³/mol. The Balaban J connectivity index is 2.63. The van der Waals surface area contributed by atoms with Crippen molar-refractivity contribution in [3.05, 3.63) is 29.7 Å². The van der Waals surface area contributed by atoms with Crippen LogP contribution in [-0.2, 0) is 12.1 Å². The van der Waals surface area contributed by atoms with E-state index in [4.69, 9.17) is 11.6 Å². The van der Waals surface area contributed by atoms with Gasteiger partial charge < -0.3 is 0 Å². The van der Waals surface area contributed by atoms with Crippen LogP contribution in [0, 0.1) is 0 Å². The summed E-state index contributed by atoms with van der Waals surface area (Å²) >= 11 is 5.51. The lowest BCUT2D eigenvalue weighted by molar-refractivity contribution is -0.137. The van der Waals surface area contributed by atoms with Crippen molar-refractivity contribution >= 4 is 17.2 Å². The van der Waals surface area contributed by atoms with Gasteiger partial charge in [-0.05, 0) is 12.1 Å². The maximum Gasteiger partial charge on any atom is 0.417 e. The summed E-state index contributed by atoms with van der Waals surface area (Å²) in [6.45, 7) is 0. The summed E-state index contributed by atoms with van der Waals surface area (Å²) in [5.74, 6) is 0.306. The molecule has 0 aromatic carbocycles. The quantitative estimate of drug-likeness (QED) is 0.711. The maximum absolute atomic E-state index is 12.4. The zero-order valence-electron chi connectivity index (χ0n) is 7.29. The number of fused-ring (bicyclic) bond motifs is 1. The maximum atomic E-state index is 12.4. The van der Waals surface area contributed by atoms with Gasteiger partial charge in [-0.3, -0.25) is 4.40 Å². The minimum atomic E-state index is -4.37. The van der Waals surface area contributed by atoms with Crippen LogP contribution in [0.1, 0.15) is 11.4 Å². The van der Waals surface area contributed by atoms with Crippen LogP contribution in [0.15, 0.2) is 18.3 Å². The first-order valence-electron chi connectivity index (χ1n) is 3.99. The van der Waals surface area contributed by atoms with Crippen molar-refractivity contribution in [3.63, 3.8) is 0 Å². The topological polar surface area (TPSA) is 30.2 Å². The SMILES string of the molecule is FC(F)(F)c1ccc2nnc(CCl)n2c1. The molecule has 2 aromatic rings. The third-order valence-electron chi connectivity index (χ3n) is 1.92. The van der Waals surface area contributed by atoms with Gasteiger partial charge in [0.15, 0.2) is 11.5 Å². The van der Waals surface area contributed by atoms with Crippen molar-refractivity contribution in [1.29, 1.82) is 0 Å². The van der Waals surface area contributed by atoms with E-state index in [0.29, 0.717) is 5.65 Å². The highest BCUT2D eigenvalue weighted by Gasteiger charge is 2.31. The van der Waals surface area contributed by atoms with Crippen LogP contribution < -0.4 is 0 Å². The third-order valence-corrected chi connectivity index (χ3v) is 2.16. The summed E-state index contributed by atoms with van der Waals surface area (Å²) in [5, 5.41) is 7.32. The van der Waals surface area contributed by atoms with Gasteiger partial charge in [-0.25, -0.2) is 0 Å². The molecule has 15 heavy (non-hydrogen) atoms. The standard InChI is InChI=1S/C8H5ClF3N3/c9-3-7-14-13-6-2-1-5(4-15(6)7)8(10,11)12/h1-2,4H,3H2. The predicted octanol–water partition coefficient (Wildman–Crippen LogP) is 2.49. The summed E-state index contributed by atoms with van der Waals surface area (Å²) in [4.78, 5) is 0. The molecule has 0 saturated heterocycles. The van der Waals surface area contributed by atoms with E-state index in [1.54, 1.807) is 0 Å². The molecule has 2 rings (SSSR count). The molecule has 0 unspecified atom stereocenters. The smallest absolute Gasteiger partial charge is 0.285 e. The summed E-state index contributed by atoms with van der Waals surface area (Å²) in [6.07, 6.45) is -3.44. The molecule has 0 aliphatic rings. The lowest BCUT2D eigenvalue weighted by atomic mass is 10.3. The minimum Gasteiger partial charge on any atom is -0.285 e. The van der Waals surface area contributed by atoms with Crippen molar-refractivity contribution in [2.45, 2.75) is 12.1 Å². The Morgan fingerprint density at radius 2 is 2.00 bits per heavy atom. The minimum absolute atomic E-state index is 0.0163. The van der Waals surface area contributed by atoms with E-state index >= 15 is 0 Å². The van der Waals surface area contributed by atoms with Crippen molar-refractivity contribution in [1.82, 2.24) is 14.6 Å². The fourth-order valence-electron chi connectivity index (χ4n) is 1.20. The van der Waals surface area contributed by atoms with E-state index in [1.165, 1.54) is 10.5 Å². The molecule has 0 aliphatic carbocycles. The van der Waals surface area contributed by atoms with E-state index in [-0.39, 0.29) is 11.7 Å². The molecule has 2 heterocycles. The molecule has 2 aromatic heterocycles. The zero-order valence-corrected chi connectivity index (χ0v) is 8.05. The zero-order chi connectivity index (χ0) is 11.1. The number of pyridine rings is 1. The highest BCUT2D eigenvalue weighted by atomic mass is 35.5. The lowest BCUT2D eigenvalue weighted by Gasteiger charge is -2.06. The second kappa shape index (κ2) is 3.37. The Kier molecular flexibility index (Phi) is 2.30. The molecule has 0 amide bonds. The molecule has 0 saturated carbocycles. The fraction of sp³-hybridized carbons (Fsp3) is 0.250. The lowest BCUT2D eigenvalue weighted by Crippen LogP contribution is -2.06. The number of hydrogen-bond donors (Lipinski definition) is 0. The first kappa shape index (κ1) is 10.2. The summed E-state index contributed by atoms with van der Waals surface area (Å²) in [6, 6.07) is 2.22. The van der Waals surface area contributed by atoms with Gasteiger partial charge in [-0.15, -0.1) is 21.8 Å². The van der Waals surface area contributed by atoms with Gasteiger partial charge in [0.05, 0.1) is 11.4 Å². The molecule has 0 atom stereocenters. The first-order valence-corrected chi connectivity index (χ1v) is 4.52. The van der Waals surface area contributed by atoms with Gasteiger partial charge in [0.25, 0.3) is 0 Å². The monoisotopic (exact) mass is 235 g/mol. The molecular formula is C8H5ClF3N3. The van der Waals surface area contributed by atoms with E-state index in [1.807, 2.05) is 0 Å². The molecular weight excluding hydrogens is 231 g/mol. The Morgan fingerprint density at radius 1 is 1.27 bits per heavy atom. The second-order valence-electron chi connectivity index (χ2n) is 2.89. The Bertz CT molecular complexity index is 491. The molecule has 0 bridgehead atoms. The number of nitrogens with zero attached hydrogens (tertiary/aromatic N) is 3. The van der Waals surface area contributed by atoms with Crippen LogP contribution in [0.25, 0.3) is 5.65 Å². The van der Waals surface area contributed by atoms with Crippen LogP contribution in [0.5, 0.6) is 0 Å². The Morgan fingerprint density at radius 3 is 2.60 bits per heavy atom. The molecule has 0 N–H and O–H groups in total. The number of hydrogen-bond acceptors (Lipinski definition) is 2. The number of aromatic nitrogens is 3. The van der Waals surface area contributed by atoms with Gasteiger partial charge >= 0.3 is 6.18 Å². The average molecular weight is 236 g/mol. The van der Waals surface area contributed by atoms with Crippen LogP contribution in [0.4, 0.5) is 13.2 Å². The van der Waals surface area contributed by atoms with Crippen molar-refractivity contribution < 1.29 is 13.2 Å². The van der Waals surface area contributed by atoms with Gasteiger partial charge in [-0.2, -0.15) is 13.2 Å². The summed E-state index contributed by atoms with van der Waals surface area (Å²) in [5.41, 5.74) is -0.403. The van der Waals surface area contributed by atoms with E-state index < -0.39 is 11.7 Å². The fourth-order valence-corrected chi connectivity index (χ4v) is 1.38. The van der Waals surface area contributed by atoms with Crippen molar-refractivity contribution in [2.75, 3.05) is 0 Å². The van der Waals surface area contributed by atoms with E-state index in [2.05, 4.69) is 10.2 Å². The van der Waals surface area contributed by atoms with Crippen LogP contribution >= 0.6 is 11.6 Å². The van der Waals surface area contributed by atoms with Crippen molar-refractivity contribution in [3.8, 4) is 0 Å². The highest BCUT2D eigenvalue weighted by Crippen LogP contribution is 2.29. The van der Waals surface area contributed by atoms with E-state index in [0.717, 1.165) is 12.3 Å². The van der Waals surface area contributed by atoms with Crippen molar-refractivity contribution in [2.24, 2.45) is 0 Å². The number of halogens is 4. The van der Waals surface area contributed by atoms with E-state index in [9.17, 15) is 13.2 Å². The second-order valence-corrected chi connectivity index (χ2v) is 3.16. The average Bonchev–Trinajstić information content (AvgIpc) is 2.57. The van der Waals surface area contributed by atoms with Crippen LogP contribution in [0.3, 0.4) is 0 Å².